The van der Waals surface area contributed by atoms with E-state index in [1.807, 2.05) is 0 Å². The van der Waals surface area contributed by atoms with E-state index in [-0.39, 0.29) is 25.1 Å². The van der Waals surface area contributed by atoms with Crippen molar-refractivity contribution in [1.29, 1.82) is 0 Å². The molecule has 0 amide bonds. The van der Waals surface area contributed by atoms with E-state index in [1.54, 1.807) is 6.92 Å². The molecule has 100 valence electrons. The van der Waals surface area contributed by atoms with Crippen LogP contribution in [0.25, 0.3) is 0 Å². The Morgan fingerprint density at radius 3 is 2.53 bits per heavy atom. The second-order valence-corrected chi connectivity index (χ2v) is 5.05. The maximum atomic E-state index is 10.1. The largest absolute Gasteiger partial charge is 0.394 e. The quantitative estimate of drug-likeness (QED) is 0.736. The molecule has 2 aliphatic rings. The molecule has 2 N–H and O–H groups in total. The third-order valence-electron chi connectivity index (χ3n) is 3.51. The van der Waals surface area contributed by atoms with Crippen LogP contribution in [0.2, 0.25) is 0 Å². The van der Waals surface area contributed by atoms with Crippen molar-refractivity contribution in [2.24, 2.45) is 0 Å². The molecule has 0 bridgehead atoms. The fraction of sp³-hybridized carbons (Fsp3) is 1.00. The van der Waals surface area contributed by atoms with Crippen molar-refractivity contribution in [2.75, 3.05) is 19.8 Å². The summed E-state index contributed by atoms with van der Waals surface area (Å²) in [5.74, 6) is 0. The zero-order valence-electron chi connectivity index (χ0n) is 10.3. The second kappa shape index (κ2) is 5.63. The molecule has 0 aromatic heterocycles. The Morgan fingerprint density at radius 2 is 1.88 bits per heavy atom. The van der Waals surface area contributed by atoms with E-state index in [9.17, 15) is 5.11 Å². The van der Waals surface area contributed by atoms with Gasteiger partial charge in [0.2, 0.25) is 0 Å². The molecule has 1 saturated carbocycles. The van der Waals surface area contributed by atoms with Gasteiger partial charge in [-0.1, -0.05) is 12.8 Å². The third-order valence-corrected chi connectivity index (χ3v) is 3.51. The minimum atomic E-state index is -0.653. The molecule has 0 aromatic rings. The zero-order valence-corrected chi connectivity index (χ0v) is 10.3. The molecule has 1 aliphatic carbocycles. The molecule has 1 heterocycles. The maximum absolute atomic E-state index is 10.1. The Morgan fingerprint density at radius 1 is 1.24 bits per heavy atom. The first-order chi connectivity index (χ1) is 8.13. The first-order valence-corrected chi connectivity index (χ1v) is 6.35. The van der Waals surface area contributed by atoms with Gasteiger partial charge in [0.15, 0.2) is 6.29 Å². The van der Waals surface area contributed by atoms with Gasteiger partial charge < -0.3 is 24.4 Å². The van der Waals surface area contributed by atoms with Crippen LogP contribution in [0.1, 0.15) is 32.6 Å². The summed E-state index contributed by atoms with van der Waals surface area (Å²) in [4.78, 5) is 0. The van der Waals surface area contributed by atoms with E-state index < -0.39 is 5.60 Å². The van der Waals surface area contributed by atoms with Crippen molar-refractivity contribution in [2.45, 2.75) is 56.7 Å². The molecule has 0 aromatic carbocycles. The normalized spacial score (nSPS) is 36.5. The summed E-state index contributed by atoms with van der Waals surface area (Å²) in [6, 6.07) is 0. The highest BCUT2D eigenvalue weighted by atomic mass is 16.7. The van der Waals surface area contributed by atoms with Gasteiger partial charge in [0.1, 0.15) is 12.2 Å². The fourth-order valence-corrected chi connectivity index (χ4v) is 2.55. The van der Waals surface area contributed by atoms with E-state index >= 15 is 0 Å². The molecule has 3 atom stereocenters. The minimum absolute atomic E-state index is 0.0668. The number of rotatable bonds is 5. The SMILES string of the molecule is CC1OC(CO)C(COCC2(O)CCCC2)O1. The van der Waals surface area contributed by atoms with Gasteiger partial charge in [0.25, 0.3) is 0 Å². The maximum Gasteiger partial charge on any atom is 0.156 e. The standard InChI is InChI=1S/C12H22O5/c1-9-16-10(6-13)11(17-9)7-15-8-12(14)4-2-3-5-12/h9-11,13-14H,2-8H2,1H3. The number of hydrogen-bond donors (Lipinski definition) is 2. The zero-order chi connectivity index (χ0) is 12.3. The molecule has 2 rings (SSSR count). The highest BCUT2D eigenvalue weighted by Crippen LogP contribution is 2.29. The van der Waals surface area contributed by atoms with Crippen LogP contribution in [-0.4, -0.2) is 54.1 Å². The van der Waals surface area contributed by atoms with Gasteiger partial charge in [0, 0.05) is 0 Å². The van der Waals surface area contributed by atoms with E-state index in [1.165, 1.54) is 0 Å². The topological polar surface area (TPSA) is 68.2 Å². The fourth-order valence-electron chi connectivity index (χ4n) is 2.55. The van der Waals surface area contributed by atoms with Crippen LogP contribution >= 0.6 is 0 Å². The summed E-state index contributed by atoms with van der Waals surface area (Å²) in [6.45, 7) is 2.44. The van der Waals surface area contributed by atoms with Gasteiger partial charge in [-0.3, -0.25) is 0 Å². The number of aliphatic hydroxyl groups excluding tert-OH is 1. The highest BCUT2D eigenvalue weighted by Gasteiger charge is 2.35. The Balaban J connectivity index is 1.71. The monoisotopic (exact) mass is 246 g/mol. The van der Waals surface area contributed by atoms with E-state index in [4.69, 9.17) is 19.3 Å². The van der Waals surface area contributed by atoms with Gasteiger partial charge in [-0.2, -0.15) is 0 Å². The average molecular weight is 246 g/mol. The Kier molecular flexibility index (Phi) is 4.38. The summed E-state index contributed by atoms with van der Waals surface area (Å²) in [5.41, 5.74) is -0.653. The smallest absolute Gasteiger partial charge is 0.156 e. The highest BCUT2D eigenvalue weighted by molar-refractivity contribution is 4.84. The lowest BCUT2D eigenvalue weighted by Crippen LogP contribution is -2.35. The molecule has 5 nitrogen and oxygen atoms in total. The van der Waals surface area contributed by atoms with Gasteiger partial charge in [-0.05, 0) is 19.8 Å². The first-order valence-electron chi connectivity index (χ1n) is 6.35. The average Bonchev–Trinajstić information content (AvgIpc) is 2.86. The van der Waals surface area contributed by atoms with E-state index in [0.29, 0.717) is 13.2 Å². The molecule has 3 unspecified atom stereocenters. The predicted molar refractivity (Wildman–Crippen MR) is 60.5 cm³/mol. The second-order valence-electron chi connectivity index (χ2n) is 5.05. The van der Waals surface area contributed by atoms with Gasteiger partial charge in [-0.15, -0.1) is 0 Å². The predicted octanol–water partition coefficient (Wildman–Crippen LogP) is 0.430. The van der Waals surface area contributed by atoms with E-state index in [0.717, 1.165) is 25.7 Å². The summed E-state index contributed by atoms with van der Waals surface area (Å²) in [6.07, 6.45) is 2.92. The number of hydrogen-bond acceptors (Lipinski definition) is 5. The molecule has 1 aliphatic heterocycles. The van der Waals surface area contributed by atoms with Crippen molar-refractivity contribution < 1.29 is 24.4 Å². The number of aliphatic hydroxyl groups is 2. The summed E-state index contributed by atoms with van der Waals surface area (Å²) < 4.78 is 16.3. The third kappa shape index (κ3) is 3.39. The van der Waals surface area contributed by atoms with Crippen LogP contribution in [0, 0.1) is 0 Å². The molecule has 0 spiro atoms. The van der Waals surface area contributed by atoms with Gasteiger partial charge in [-0.25, -0.2) is 0 Å². The number of ether oxygens (including phenoxy) is 3. The molecule has 2 fully saturated rings. The van der Waals surface area contributed by atoms with E-state index in [2.05, 4.69) is 0 Å². The lowest BCUT2D eigenvalue weighted by atomic mass is 10.0. The van der Waals surface area contributed by atoms with Crippen LogP contribution in [-0.2, 0) is 14.2 Å². The first kappa shape index (κ1) is 13.2. The molecular formula is C12H22O5. The Labute approximate surface area is 102 Å². The van der Waals surface area contributed by atoms with Crippen LogP contribution < -0.4 is 0 Å². The summed E-state index contributed by atoms with van der Waals surface area (Å²) >= 11 is 0. The molecule has 1 saturated heterocycles. The lowest BCUT2D eigenvalue weighted by molar-refractivity contribution is -0.0827. The minimum Gasteiger partial charge on any atom is -0.394 e. The summed E-state index contributed by atoms with van der Waals surface area (Å²) in [7, 11) is 0. The van der Waals surface area contributed by atoms with Gasteiger partial charge >= 0.3 is 0 Å². The van der Waals surface area contributed by atoms with Crippen molar-refractivity contribution in [1.82, 2.24) is 0 Å². The van der Waals surface area contributed by atoms with Crippen molar-refractivity contribution in [3.63, 3.8) is 0 Å². The Bertz CT molecular complexity index is 239. The molecule has 17 heavy (non-hydrogen) atoms. The van der Waals surface area contributed by atoms with Crippen molar-refractivity contribution in [3.8, 4) is 0 Å². The van der Waals surface area contributed by atoms with Crippen LogP contribution in [0.5, 0.6) is 0 Å². The molecule has 5 heteroatoms. The Hall–Kier alpha value is -0.200. The van der Waals surface area contributed by atoms with Crippen LogP contribution in [0.3, 0.4) is 0 Å². The van der Waals surface area contributed by atoms with Crippen LogP contribution in [0.4, 0.5) is 0 Å². The lowest BCUT2D eigenvalue weighted by Gasteiger charge is -2.23. The molecule has 0 radical (unpaired) electrons. The summed E-state index contributed by atoms with van der Waals surface area (Å²) in [5, 5.41) is 19.2. The molecular weight excluding hydrogens is 224 g/mol. The van der Waals surface area contributed by atoms with Gasteiger partial charge in [0.05, 0.1) is 25.4 Å². The van der Waals surface area contributed by atoms with Crippen LogP contribution in [0.15, 0.2) is 0 Å². The van der Waals surface area contributed by atoms with Crippen molar-refractivity contribution in [3.05, 3.63) is 0 Å². The van der Waals surface area contributed by atoms with Crippen molar-refractivity contribution >= 4 is 0 Å².